The molecule has 2 aromatic rings. The van der Waals surface area contributed by atoms with Crippen molar-refractivity contribution >= 4 is 20.2 Å². The largest absolute Gasteiger partial charge is 2.00 e. The van der Waals surface area contributed by atoms with E-state index in [2.05, 4.69) is 57.9 Å². The van der Waals surface area contributed by atoms with Gasteiger partial charge in [-0.1, -0.05) is 0 Å². The standard InChI is InChI=1S/C19H26N4.2CHF3O3S.Mn/c1-16-4-6-20-18(12-16)14-22-8-3-9-23(11-10-22)15-19-13-17(2)5-7-21-19;2*2-1(3,4)8(5,6)7;/h4-7,12-13H,3,8-11,14-15H2,1-2H3;2*(H,5,6,7);/q;;;+2/p-2. The molecule has 0 atom stereocenters. The molecular formula is C21H26F6MnN4O6S2. The van der Waals surface area contributed by atoms with Crippen molar-refractivity contribution in [2.24, 2.45) is 0 Å². The molecule has 1 aliphatic rings. The van der Waals surface area contributed by atoms with Crippen molar-refractivity contribution < 1.29 is 69.4 Å². The minimum Gasteiger partial charge on any atom is -0.741 e. The summed E-state index contributed by atoms with van der Waals surface area (Å²) in [6.07, 6.45) is 5.04. The average molecular weight is 664 g/mol. The molecule has 10 nitrogen and oxygen atoms in total. The third-order valence-electron chi connectivity index (χ3n) is 4.96. The van der Waals surface area contributed by atoms with Gasteiger partial charge in [-0.25, -0.2) is 16.8 Å². The van der Waals surface area contributed by atoms with Crippen molar-refractivity contribution in [1.29, 1.82) is 0 Å². The van der Waals surface area contributed by atoms with Crippen LogP contribution in [0.4, 0.5) is 26.3 Å². The van der Waals surface area contributed by atoms with Gasteiger partial charge in [0, 0.05) is 38.6 Å². The summed E-state index contributed by atoms with van der Waals surface area (Å²) in [5, 5.41) is 0. The number of rotatable bonds is 4. The summed E-state index contributed by atoms with van der Waals surface area (Å²) in [6, 6.07) is 8.50. The summed E-state index contributed by atoms with van der Waals surface area (Å²) < 4.78 is 118. The molecule has 1 radical (unpaired) electrons. The van der Waals surface area contributed by atoms with Crippen molar-refractivity contribution in [1.82, 2.24) is 19.8 Å². The number of aryl methyl sites for hydroxylation is 2. The zero-order chi connectivity index (χ0) is 30.1. The van der Waals surface area contributed by atoms with Gasteiger partial charge in [0.2, 0.25) is 0 Å². The van der Waals surface area contributed by atoms with Crippen LogP contribution in [0.1, 0.15) is 28.9 Å². The minimum absolute atomic E-state index is 0. The summed E-state index contributed by atoms with van der Waals surface area (Å²) in [7, 11) is -12.2. The molecule has 3 rings (SSSR count). The van der Waals surface area contributed by atoms with Crippen LogP contribution in [0, 0.1) is 13.8 Å². The van der Waals surface area contributed by atoms with Gasteiger partial charge in [0.25, 0.3) is 0 Å². The van der Waals surface area contributed by atoms with Crippen LogP contribution in [0.3, 0.4) is 0 Å². The van der Waals surface area contributed by atoms with Gasteiger partial charge in [0.05, 0.1) is 11.4 Å². The number of pyridine rings is 2. The van der Waals surface area contributed by atoms with Gasteiger partial charge in [0.15, 0.2) is 20.2 Å². The molecule has 0 unspecified atom stereocenters. The summed E-state index contributed by atoms with van der Waals surface area (Å²) >= 11 is 0. The van der Waals surface area contributed by atoms with Crippen molar-refractivity contribution in [2.45, 2.75) is 44.4 Å². The van der Waals surface area contributed by atoms with Crippen LogP contribution >= 0.6 is 0 Å². The van der Waals surface area contributed by atoms with E-state index in [1.54, 1.807) is 0 Å². The Morgan fingerprint density at radius 1 is 0.725 bits per heavy atom. The van der Waals surface area contributed by atoms with Crippen LogP contribution in [0.5, 0.6) is 0 Å². The smallest absolute Gasteiger partial charge is 0.741 e. The number of hydrogen-bond acceptors (Lipinski definition) is 10. The molecule has 1 saturated heterocycles. The third kappa shape index (κ3) is 14.7. The third-order valence-corrected chi connectivity index (χ3v) is 6.10. The molecule has 1 aliphatic heterocycles. The van der Waals surface area contributed by atoms with Crippen LogP contribution in [0.25, 0.3) is 0 Å². The Kier molecular flexibility index (Phi) is 15.2. The minimum atomic E-state index is -6.09. The molecule has 0 aromatic carbocycles. The fourth-order valence-electron chi connectivity index (χ4n) is 3.17. The molecule has 19 heteroatoms. The van der Waals surface area contributed by atoms with Crippen LogP contribution in [0.15, 0.2) is 36.7 Å². The Morgan fingerprint density at radius 3 is 1.27 bits per heavy atom. The van der Waals surface area contributed by atoms with Crippen molar-refractivity contribution in [3.8, 4) is 0 Å². The van der Waals surface area contributed by atoms with Gasteiger partial charge in [-0.05, 0) is 68.8 Å². The first-order valence-electron chi connectivity index (χ1n) is 11.0. The molecule has 0 spiro atoms. The van der Waals surface area contributed by atoms with E-state index in [-0.39, 0.29) is 17.1 Å². The number of alkyl halides is 6. The molecule has 227 valence electrons. The maximum atomic E-state index is 10.7. The van der Waals surface area contributed by atoms with Crippen LogP contribution < -0.4 is 0 Å². The Bertz CT molecular complexity index is 1180. The predicted molar refractivity (Wildman–Crippen MR) is 125 cm³/mol. The van der Waals surface area contributed by atoms with E-state index in [9.17, 15) is 26.3 Å². The SMILES string of the molecule is Cc1ccnc(CN2CCCN(Cc3cc(C)ccn3)CC2)c1.O=S(=O)([O-])C(F)(F)F.O=S(=O)([O-])C(F)(F)F.[Mn+2]. The molecule has 1 fully saturated rings. The fourth-order valence-corrected chi connectivity index (χ4v) is 3.17. The molecule has 0 N–H and O–H groups in total. The van der Waals surface area contributed by atoms with Gasteiger partial charge in [-0.2, -0.15) is 26.3 Å². The molecule has 0 aliphatic carbocycles. The summed E-state index contributed by atoms with van der Waals surface area (Å²) in [4.78, 5) is 14.0. The molecule has 2 aromatic heterocycles. The van der Waals surface area contributed by atoms with Gasteiger partial charge in [-0.3, -0.25) is 19.8 Å². The Morgan fingerprint density at radius 2 is 1.02 bits per heavy atom. The average Bonchev–Trinajstić information content (AvgIpc) is 2.97. The van der Waals surface area contributed by atoms with Crippen molar-refractivity contribution in [3.05, 3.63) is 59.2 Å². The Balaban J connectivity index is 0.000000744. The second-order valence-corrected chi connectivity index (χ2v) is 11.1. The number of aromatic nitrogens is 2. The zero-order valence-corrected chi connectivity index (χ0v) is 23.9. The maximum absolute atomic E-state index is 10.7. The van der Waals surface area contributed by atoms with E-state index in [1.165, 1.54) is 28.9 Å². The van der Waals surface area contributed by atoms with Gasteiger partial charge < -0.3 is 9.11 Å². The first-order valence-corrected chi connectivity index (χ1v) is 13.8. The van der Waals surface area contributed by atoms with E-state index >= 15 is 0 Å². The zero-order valence-electron chi connectivity index (χ0n) is 21.1. The normalized spacial score (nSPS) is 15.4. The Hall–Kier alpha value is -1.86. The number of hydrogen-bond donors (Lipinski definition) is 0. The topological polar surface area (TPSA) is 147 Å². The summed E-state index contributed by atoms with van der Waals surface area (Å²) in [6.45, 7) is 10.7. The molecule has 0 bridgehead atoms. The monoisotopic (exact) mass is 663 g/mol. The fraction of sp³-hybridized carbons (Fsp3) is 0.524. The van der Waals surface area contributed by atoms with E-state index in [0.29, 0.717) is 0 Å². The second-order valence-electron chi connectivity index (χ2n) is 8.35. The van der Waals surface area contributed by atoms with E-state index in [4.69, 9.17) is 25.9 Å². The molecule has 0 amide bonds. The summed E-state index contributed by atoms with van der Waals surface area (Å²) in [5.74, 6) is 0. The van der Waals surface area contributed by atoms with Gasteiger partial charge in [-0.15, -0.1) is 0 Å². The van der Waals surface area contributed by atoms with E-state index in [1.807, 2.05) is 12.4 Å². The second kappa shape index (κ2) is 16.0. The first kappa shape index (κ1) is 38.1. The van der Waals surface area contributed by atoms with Crippen LogP contribution in [-0.2, 0) is 50.4 Å². The first-order chi connectivity index (χ1) is 17.7. The number of halogens is 6. The van der Waals surface area contributed by atoms with Gasteiger partial charge in [0.1, 0.15) is 0 Å². The molecule has 0 saturated carbocycles. The maximum Gasteiger partial charge on any atom is 2.00 e. The quantitative estimate of drug-likeness (QED) is 0.207. The molecule has 3 heterocycles. The van der Waals surface area contributed by atoms with E-state index < -0.39 is 31.3 Å². The van der Waals surface area contributed by atoms with Crippen LogP contribution in [-0.4, -0.2) is 82.9 Å². The molecule has 40 heavy (non-hydrogen) atoms. The summed E-state index contributed by atoms with van der Waals surface area (Å²) in [5.41, 5.74) is -6.36. The van der Waals surface area contributed by atoms with Crippen LogP contribution in [0.2, 0.25) is 0 Å². The van der Waals surface area contributed by atoms with Gasteiger partial charge >= 0.3 is 28.1 Å². The van der Waals surface area contributed by atoms with Crippen molar-refractivity contribution in [2.75, 3.05) is 26.2 Å². The predicted octanol–water partition coefficient (Wildman–Crippen LogP) is 2.90. The van der Waals surface area contributed by atoms with E-state index in [0.717, 1.165) is 39.3 Å². The van der Waals surface area contributed by atoms with Crippen molar-refractivity contribution in [3.63, 3.8) is 0 Å². The molecular weight excluding hydrogens is 637 g/mol. The number of nitrogens with zero attached hydrogens (tertiary/aromatic N) is 4. The Labute approximate surface area is 238 Å².